The van der Waals surface area contributed by atoms with E-state index in [1.165, 1.54) is 6.07 Å². The highest BCUT2D eigenvalue weighted by Gasteiger charge is 2.18. The maximum atomic E-state index is 13.1. The second kappa shape index (κ2) is 4.67. The maximum Gasteiger partial charge on any atom is 0.265 e. The normalized spacial score (nSPS) is 11.7. The second-order valence-electron chi connectivity index (χ2n) is 2.89. The smallest absolute Gasteiger partial charge is 0.265 e. The van der Waals surface area contributed by atoms with E-state index >= 15 is 0 Å². The highest BCUT2D eigenvalue weighted by Crippen LogP contribution is 2.15. The minimum Gasteiger partial charge on any atom is -0.316 e. The van der Waals surface area contributed by atoms with E-state index < -0.39 is 20.7 Å². The molecule has 0 amide bonds. The molecule has 0 unspecified atom stereocenters. The molecule has 0 saturated carbocycles. The molecular formula is C8H11FN2O3S. The summed E-state index contributed by atoms with van der Waals surface area (Å²) in [5.74, 6) is -0.906. The van der Waals surface area contributed by atoms with Gasteiger partial charge in [0.2, 0.25) is 0 Å². The largest absolute Gasteiger partial charge is 0.316 e. The van der Waals surface area contributed by atoms with Crippen LogP contribution in [0.2, 0.25) is 0 Å². The molecule has 1 aromatic carbocycles. The molecular weight excluding hydrogens is 223 g/mol. The predicted molar refractivity (Wildman–Crippen MR) is 51.3 cm³/mol. The third-order valence-corrected chi connectivity index (χ3v) is 2.92. The number of sulfonamides is 1. The number of nitrogens with one attached hydrogen (secondary N) is 2. The Bertz CT molecular complexity index is 447. The van der Waals surface area contributed by atoms with E-state index in [9.17, 15) is 12.8 Å². The zero-order valence-corrected chi connectivity index (χ0v) is 8.81. The molecule has 0 heterocycles. The van der Waals surface area contributed by atoms with Gasteiger partial charge in [-0.05, 0) is 24.7 Å². The quantitative estimate of drug-likeness (QED) is 0.651. The topological polar surface area (TPSA) is 78.4 Å². The van der Waals surface area contributed by atoms with Crippen LogP contribution in [0.15, 0.2) is 23.1 Å². The summed E-state index contributed by atoms with van der Waals surface area (Å²) in [6, 6.07) is 3.66. The van der Waals surface area contributed by atoms with Gasteiger partial charge in [-0.2, -0.15) is 0 Å². The lowest BCUT2D eigenvalue weighted by Gasteiger charge is -2.06. The van der Waals surface area contributed by atoms with Crippen LogP contribution in [0.4, 0.5) is 4.39 Å². The third kappa shape index (κ3) is 2.72. The molecule has 1 aromatic rings. The van der Waals surface area contributed by atoms with Gasteiger partial charge in [0.25, 0.3) is 10.0 Å². The summed E-state index contributed by atoms with van der Waals surface area (Å²) in [6.45, 7) is 0.411. The zero-order chi connectivity index (χ0) is 11.5. The molecule has 0 aliphatic carbocycles. The van der Waals surface area contributed by atoms with Gasteiger partial charge in [-0.15, -0.1) is 0 Å². The summed E-state index contributed by atoms with van der Waals surface area (Å²) in [4.78, 5) is 0.508. The summed E-state index contributed by atoms with van der Waals surface area (Å²) in [5, 5.41) is 11.2. The van der Waals surface area contributed by atoms with Crippen molar-refractivity contribution in [2.24, 2.45) is 0 Å². The Morgan fingerprint density at radius 2 is 2.13 bits per heavy atom. The lowest BCUT2D eigenvalue weighted by Crippen LogP contribution is -2.21. The van der Waals surface area contributed by atoms with Gasteiger partial charge in [0.05, 0.1) is 0 Å². The molecule has 0 radical (unpaired) electrons. The maximum absolute atomic E-state index is 13.1. The van der Waals surface area contributed by atoms with Crippen LogP contribution in [0, 0.1) is 5.82 Å². The van der Waals surface area contributed by atoms with Gasteiger partial charge in [0.1, 0.15) is 10.7 Å². The van der Waals surface area contributed by atoms with Gasteiger partial charge >= 0.3 is 0 Å². The summed E-state index contributed by atoms with van der Waals surface area (Å²) in [5.41, 5.74) is 0.604. The van der Waals surface area contributed by atoms with E-state index in [-0.39, 0.29) is 0 Å². The van der Waals surface area contributed by atoms with Crippen LogP contribution >= 0.6 is 0 Å². The van der Waals surface area contributed by atoms with E-state index in [2.05, 4.69) is 5.32 Å². The van der Waals surface area contributed by atoms with Gasteiger partial charge in [0, 0.05) is 6.54 Å². The lowest BCUT2D eigenvalue weighted by molar-refractivity contribution is 0.242. The monoisotopic (exact) mass is 234 g/mol. The number of benzene rings is 1. The standard InChI is InChI=1S/C8H11FN2O3S/c1-10-5-6-2-3-7(9)8(4-6)15(13,14)11-12/h2-4,10-12H,5H2,1H3. The SMILES string of the molecule is CNCc1ccc(F)c(S(=O)(=O)NO)c1. The van der Waals surface area contributed by atoms with Crippen LogP contribution in [0.3, 0.4) is 0 Å². The lowest BCUT2D eigenvalue weighted by atomic mass is 10.2. The molecule has 3 N–H and O–H groups in total. The van der Waals surface area contributed by atoms with Gasteiger partial charge in [0.15, 0.2) is 0 Å². The molecule has 0 atom stereocenters. The van der Waals surface area contributed by atoms with Crippen molar-refractivity contribution in [2.45, 2.75) is 11.4 Å². The summed E-state index contributed by atoms with van der Waals surface area (Å²) >= 11 is 0. The molecule has 7 heteroatoms. The van der Waals surface area contributed by atoms with Gasteiger partial charge in [-0.3, -0.25) is 0 Å². The first kappa shape index (κ1) is 12.1. The Hall–Kier alpha value is -1.02. The highest BCUT2D eigenvalue weighted by molar-refractivity contribution is 7.89. The summed E-state index contributed by atoms with van der Waals surface area (Å²) < 4.78 is 35.5. The van der Waals surface area contributed by atoms with Crippen molar-refractivity contribution in [3.63, 3.8) is 0 Å². The zero-order valence-electron chi connectivity index (χ0n) is 7.99. The first-order valence-corrected chi connectivity index (χ1v) is 5.58. The van der Waals surface area contributed by atoms with Gasteiger partial charge in [-0.1, -0.05) is 11.0 Å². The van der Waals surface area contributed by atoms with Crippen molar-refractivity contribution < 1.29 is 18.0 Å². The van der Waals surface area contributed by atoms with Crippen LogP contribution in [0.25, 0.3) is 0 Å². The van der Waals surface area contributed by atoms with E-state index in [1.54, 1.807) is 7.05 Å². The second-order valence-corrected chi connectivity index (χ2v) is 4.52. The third-order valence-electron chi connectivity index (χ3n) is 1.79. The van der Waals surface area contributed by atoms with Crippen molar-refractivity contribution in [3.05, 3.63) is 29.6 Å². The molecule has 0 fully saturated rings. The molecule has 0 aliphatic heterocycles. The average Bonchev–Trinajstić information content (AvgIpc) is 2.21. The number of hydrogen-bond donors (Lipinski definition) is 3. The number of halogens is 1. The Balaban J connectivity index is 3.23. The first-order chi connectivity index (χ1) is 7.01. The first-order valence-electron chi connectivity index (χ1n) is 4.10. The van der Waals surface area contributed by atoms with Crippen molar-refractivity contribution in [2.75, 3.05) is 7.05 Å². The number of rotatable bonds is 4. The van der Waals surface area contributed by atoms with Crippen molar-refractivity contribution in [1.82, 2.24) is 10.2 Å². The summed E-state index contributed by atoms with van der Waals surface area (Å²) in [6.07, 6.45) is 0. The molecule has 0 saturated heterocycles. The van der Waals surface area contributed by atoms with Gasteiger partial charge in [-0.25, -0.2) is 12.8 Å². The molecule has 0 bridgehead atoms. The Morgan fingerprint density at radius 3 is 2.67 bits per heavy atom. The molecule has 5 nitrogen and oxygen atoms in total. The Labute approximate surface area is 86.9 Å². The fraction of sp³-hybridized carbons (Fsp3) is 0.250. The molecule has 0 spiro atoms. The molecule has 84 valence electrons. The predicted octanol–water partition coefficient (Wildman–Crippen LogP) is 0.213. The van der Waals surface area contributed by atoms with E-state index in [4.69, 9.17) is 5.21 Å². The van der Waals surface area contributed by atoms with Crippen molar-refractivity contribution in [1.29, 1.82) is 0 Å². The molecule has 15 heavy (non-hydrogen) atoms. The van der Waals surface area contributed by atoms with Gasteiger partial charge < -0.3 is 10.5 Å². The molecule has 0 aromatic heterocycles. The van der Waals surface area contributed by atoms with Crippen LogP contribution in [-0.2, 0) is 16.6 Å². The molecule has 1 rings (SSSR count). The van der Waals surface area contributed by atoms with Crippen LogP contribution in [-0.4, -0.2) is 20.7 Å². The van der Waals surface area contributed by atoms with E-state index in [0.29, 0.717) is 12.1 Å². The van der Waals surface area contributed by atoms with E-state index in [1.807, 2.05) is 0 Å². The molecule has 0 aliphatic rings. The number of hydrogen-bond acceptors (Lipinski definition) is 4. The van der Waals surface area contributed by atoms with Crippen LogP contribution in [0.5, 0.6) is 0 Å². The van der Waals surface area contributed by atoms with E-state index in [0.717, 1.165) is 17.0 Å². The average molecular weight is 234 g/mol. The Kier molecular flexibility index (Phi) is 3.75. The minimum absolute atomic E-state index is 0.411. The van der Waals surface area contributed by atoms with Crippen molar-refractivity contribution >= 4 is 10.0 Å². The fourth-order valence-corrected chi connectivity index (χ4v) is 1.85. The fourth-order valence-electron chi connectivity index (χ4n) is 1.12. The highest BCUT2D eigenvalue weighted by atomic mass is 32.2. The summed E-state index contributed by atoms with van der Waals surface area (Å²) in [7, 11) is -2.48. The minimum atomic E-state index is -4.17. The van der Waals surface area contributed by atoms with Crippen LogP contribution in [0.1, 0.15) is 5.56 Å². The Morgan fingerprint density at radius 1 is 1.47 bits per heavy atom. The van der Waals surface area contributed by atoms with Crippen molar-refractivity contribution in [3.8, 4) is 0 Å². The van der Waals surface area contributed by atoms with Crippen LogP contribution < -0.4 is 10.2 Å².